The first-order valence-corrected chi connectivity index (χ1v) is 8.05. The highest BCUT2D eigenvalue weighted by Gasteiger charge is 2.29. The van der Waals surface area contributed by atoms with E-state index in [2.05, 4.69) is 5.32 Å². The summed E-state index contributed by atoms with van der Waals surface area (Å²) < 4.78 is 27.6. The number of nitrogens with zero attached hydrogens (tertiary/aromatic N) is 1. The predicted octanol–water partition coefficient (Wildman–Crippen LogP) is 0.277. The third kappa shape index (κ3) is 4.15. The second-order valence-electron chi connectivity index (χ2n) is 4.68. The van der Waals surface area contributed by atoms with Crippen LogP contribution in [-0.2, 0) is 14.6 Å². The number of ether oxygens (including phenoxy) is 1. The predicted molar refractivity (Wildman–Crippen MR) is 73.8 cm³/mol. The van der Waals surface area contributed by atoms with Crippen LogP contribution in [0.1, 0.15) is 6.42 Å². The molecule has 1 fully saturated rings. The molecule has 0 unspecified atom stereocenters. The van der Waals surface area contributed by atoms with E-state index in [1.54, 1.807) is 6.07 Å². The van der Waals surface area contributed by atoms with Crippen molar-refractivity contribution in [1.82, 2.24) is 5.32 Å². The number of hydrogen-bond acceptors (Lipinski definition) is 6. The molecule has 2 rings (SSSR count). The molecule has 1 aromatic carbocycles. The summed E-state index contributed by atoms with van der Waals surface area (Å²) in [4.78, 5) is 21.8. The maximum atomic E-state index is 11.7. The molecule has 0 saturated carbocycles. The lowest BCUT2D eigenvalue weighted by Crippen LogP contribution is -2.38. The summed E-state index contributed by atoms with van der Waals surface area (Å²) in [5, 5.41) is 13.3. The number of sulfone groups is 1. The summed E-state index contributed by atoms with van der Waals surface area (Å²) in [6.45, 7) is -0.401. The van der Waals surface area contributed by atoms with Gasteiger partial charge in [0.2, 0.25) is 0 Å². The minimum absolute atomic E-state index is 0.00306. The second-order valence-corrected chi connectivity index (χ2v) is 6.91. The van der Waals surface area contributed by atoms with E-state index in [4.69, 9.17) is 4.74 Å². The molecule has 1 aliphatic rings. The first kappa shape index (κ1) is 15.2. The monoisotopic (exact) mass is 314 g/mol. The van der Waals surface area contributed by atoms with E-state index in [9.17, 15) is 23.3 Å². The van der Waals surface area contributed by atoms with E-state index in [0.29, 0.717) is 6.42 Å². The van der Waals surface area contributed by atoms with Crippen molar-refractivity contribution >= 4 is 21.4 Å². The number of nitrogens with one attached hydrogen (secondary N) is 1. The Morgan fingerprint density at radius 3 is 2.76 bits per heavy atom. The quantitative estimate of drug-likeness (QED) is 0.616. The van der Waals surface area contributed by atoms with Gasteiger partial charge < -0.3 is 10.1 Å². The van der Waals surface area contributed by atoms with Gasteiger partial charge in [-0.2, -0.15) is 0 Å². The summed E-state index contributed by atoms with van der Waals surface area (Å²) >= 11 is 0. The summed E-state index contributed by atoms with van der Waals surface area (Å²) in [6.07, 6.45) is 0.375. The van der Waals surface area contributed by atoms with Crippen molar-refractivity contribution in [3.63, 3.8) is 0 Å². The Labute approximate surface area is 121 Å². The van der Waals surface area contributed by atoms with E-state index in [-0.39, 0.29) is 22.9 Å². The Morgan fingerprint density at radius 2 is 2.14 bits per heavy atom. The number of carbonyl (C=O) groups is 1. The molecule has 1 atom stereocenters. The number of nitro benzene ring substituents is 1. The van der Waals surface area contributed by atoms with Gasteiger partial charge in [-0.1, -0.05) is 12.1 Å². The molecule has 0 spiro atoms. The number of benzene rings is 1. The fraction of sp³-hybridized carbons (Fsp3) is 0.417. The lowest BCUT2D eigenvalue weighted by Gasteiger charge is -2.11. The van der Waals surface area contributed by atoms with Gasteiger partial charge in [-0.25, -0.2) is 8.42 Å². The lowest BCUT2D eigenvalue weighted by molar-refractivity contribution is -0.385. The van der Waals surface area contributed by atoms with Crippen molar-refractivity contribution < 1.29 is 22.9 Å². The molecule has 0 radical (unpaired) electrons. The summed E-state index contributed by atoms with van der Waals surface area (Å²) in [5.74, 6) is -0.528. The summed E-state index contributed by atoms with van der Waals surface area (Å²) in [7, 11) is -3.07. The fourth-order valence-corrected chi connectivity index (χ4v) is 3.72. The Morgan fingerprint density at radius 1 is 1.43 bits per heavy atom. The van der Waals surface area contributed by atoms with Gasteiger partial charge in [-0.3, -0.25) is 14.9 Å². The minimum atomic E-state index is -3.07. The van der Waals surface area contributed by atoms with Gasteiger partial charge in [0.1, 0.15) is 0 Å². The molecule has 21 heavy (non-hydrogen) atoms. The van der Waals surface area contributed by atoms with Crippen molar-refractivity contribution in [3.05, 3.63) is 34.4 Å². The molecule has 1 aromatic rings. The molecule has 0 bridgehead atoms. The van der Waals surface area contributed by atoms with Crippen LogP contribution in [0.3, 0.4) is 0 Å². The molecule has 0 aromatic heterocycles. The van der Waals surface area contributed by atoms with Gasteiger partial charge in [0, 0.05) is 12.1 Å². The van der Waals surface area contributed by atoms with Crippen molar-refractivity contribution in [1.29, 1.82) is 0 Å². The van der Waals surface area contributed by atoms with Crippen molar-refractivity contribution in [2.24, 2.45) is 0 Å². The van der Waals surface area contributed by atoms with E-state index in [0.717, 1.165) is 0 Å². The molecule has 1 aliphatic heterocycles. The molecule has 0 aliphatic carbocycles. The Kier molecular flexibility index (Phi) is 4.41. The van der Waals surface area contributed by atoms with Crippen molar-refractivity contribution in [2.75, 3.05) is 18.1 Å². The molecular formula is C12H14N2O6S. The summed E-state index contributed by atoms with van der Waals surface area (Å²) in [5.41, 5.74) is -0.228. The topological polar surface area (TPSA) is 116 Å². The number of hydrogen-bond donors (Lipinski definition) is 1. The smallest absolute Gasteiger partial charge is 0.310 e. The van der Waals surface area contributed by atoms with Crippen LogP contribution in [-0.4, -0.2) is 43.4 Å². The molecule has 114 valence electrons. The highest BCUT2D eigenvalue weighted by molar-refractivity contribution is 7.91. The van der Waals surface area contributed by atoms with Crippen LogP contribution in [0.25, 0.3) is 0 Å². The van der Waals surface area contributed by atoms with Crippen LogP contribution >= 0.6 is 0 Å². The average Bonchev–Trinajstić information content (AvgIpc) is 2.75. The maximum absolute atomic E-state index is 11.7. The van der Waals surface area contributed by atoms with E-state index in [1.807, 2.05) is 0 Å². The maximum Gasteiger partial charge on any atom is 0.310 e. The van der Waals surface area contributed by atoms with E-state index in [1.165, 1.54) is 18.2 Å². The molecule has 1 N–H and O–H groups in total. The van der Waals surface area contributed by atoms with E-state index < -0.39 is 33.3 Å². The molecule has 9 heteroatoms. The highest BCUT2D eigenvalue weighted by atomic mass is 32.2. The standard InChI is InChI=1S/C12H14N2O6S/c15-12(13-9-5-6-21(18,19)8-9)7-20-11-4-2-1-3-10(11)14(16)17/h1-4,9H,5-8H2,(H,13,15)/t9-/m1/s1. The number of nitro groups is 1. The number of carbonyl (C=O) groups excluding carboxylic acids is 1. The van der Waals surface area contributed by atoms with Crippen LogP contribution in [0, 0.1) is 10.1 Å². The SMILES string of the molecule is O=C(COc1ccccc1[N+](=O)[O-])N[C@@H]1CCS(=O)(=O)C1. The highest BCUT2D eigenvalue weighted by Crippen LogP contribution is 2.25. The van der Waals surface area contributed by atoms with Gasteiger partial charge in [0.25, 0.3) is 5.91 Å². The minimum Gasteiger partial charge on any atom is -0.477 e. The zero-order chi connectivity index (χ0) is 15.5. The van der Waals surface area contributed by atoms with Crippen molar-refractivity contribution in [3.8, 4) is 5.75 Å². The first-order valence-electron chi connectivity index (χ1n) is 6.23. The normalized spacial score (nSPS) is 19.9. The molecule has 1 amide bonds. The van der Waals surface area contributed by atoms with Crippen LogP contribution in [0.15, 0.2) is 24.3 Å². The second kappa shape index (κ2) is 6.08. The largest absolute Gasteiger partial charge is 0.477 e. The average molecular weight is 314 g/mol. The summed E-state index contributed by atoms with van der Waals surface area (Å²) in [6, 6.07) is 5.30. The van der Waals surface area contributed by atoms with Gasteiger partial charge in [0.15, 0.2) is 22.2 Å². The third-order valence-electron chi connectivity index (χ3n) is 3.02. The Bertz CT molecular complexity index is 657. The van der Waals surface area contributed by atoms with Crippen LogP contribution in [0.5, 0.6) is 5.75 Å². The number of rotatable bonds is 5. The molecule has 8 nitrogen and oxygen atoms in total. The third-order valence-corrected chi connectivity index (χ3v) is 4.79. The van der Waals surface area contributed by atoms with Crippen LogP contribution < -0.4 is 10.1 Å². The Balaban J connectivity index is 1.89. The zero-order valence-corrected chi connectivity index (χ0v) is 11.8. The van der Waals surface area contributed by atoms with Gasteiger partial charge in [-0.05, 0) is 12.5 Å². The molecule has 1 saturated heterocycles. The van der Waals surface area contributed by atoms with Crippen LogP contribution in [0.2, 0.25) is 0 Å². The zero-order valence-electron chi connectivity index (χ0n) is 11.0. The first-order chi connectivity index (χ1) is 9.87. The van der Waals surface area contributed by atoms with Crippen LogP contribution in [0.4, 0.5) is 5.69 Å². The molecular weight excluding hydrogens is 300 g/mol. The van der Waals surface area contributed by atoms with Gasteiger partial charge >= 0.3 is 5.69 Å². The van der Waals surface area contributed by atoms with Gasteiger partial charge in [-0.15, -0.1) is 0 Å². The fourth-order valence-electron chi connectivity index (χ4n) is 2.05. The molecule has 1 heterocycles. The van der Waals surface area contributed by atoms with Gasteiger partial charge in [0.05, 0.1) is 16.4 Å². The number of amides is 1. The Hall–Kier alpha value is -2.16. The van der Waals surface area contributed by atoms with Crippen molar-refractivity contribution in [2.45, 2.75) is 12.5 Å². The van der Waals surface area contributed by atoms with E-state index >= 15 is 0 Å². The number of para-hydroxylation sites is 2. The lowest BCUT2D eigenvalue weighted by atomic mass is 10.2.